The molecule has 8 heteroatoms. The van der Waals surface area contributed by atoms with Gasteiger partial charge in [-0.3, -0.25) is 0 Å². The Morgan fingerprint density at radius 1 is 1.05 bits per heavy atom. The van der Waals surface area contributed by atoms with Crippen LogP contribution in [0.15, 0.2) is 30.3 Å². The van der Waals surface area contributed by atoms with Crippen LogP contribution in [0.25, 0.3) is 0 Å². The van der Waals surface area contributed by atoms with E-state index in [9.17, 15) is 17.6 Å². The zero-order valence-corrected chi connectivity index (χ0v) is 9.93. The van der Waals surface area contributed by atoms with Crippen LogP contribution >= 0.6 is 11.6 Å². The molecule has 0 amide bonds. The Bertz CT molecular complexity index is 583. The molecular weight excluding hydrogens is 286 g/mol. The first-order valence-corrected chi connectivity index (χ1v) is 5.37. The maximum Gasteiger partial charge on any atom is 0.435 e. The van der Waals surface area contributed by atoms with E-state index in [4.69, 9.17) is 11.6 Å². The molecule has 0 unspecified atom stereocenters. The minimum Gasteiger partial charge on any atom is -0.339 e. The summed E-state index contributed by atoms with van der Waals surface area (Å²) in [4.78, 5) is 0. The van der Waals surface area contributed by atoms with E-state index in [0.29, 0.717) is 5.69 Å². The Hall–Kier alpha value is -1.89. The van der Waals surface area contributed by atoms with E-state index in [2.05, 4.69) is 15.5 Å². The van der Waals surface area contributed by atoms with Crippen LogP contribution in [0.1, 0.15) is 5.69 Å². The summed E-state index contributed by atoms with van der Waals surface area (Å²) in [5, 5.41) is 8.97. The zero-order chi connectivity index (χ0) is 14.0. The standard InChI is InChI=1S/C11H6ClF4N3/c12-7-5-6(1-2-8(7)13)17-10-4-3-9(18-19-10)11(14,15)16/h1-5H,(H,17,19). The van der Waals surface area contributed by atoms with Crippen molar-refractivity contribution >= 4 is 23.1 Å². The number of aromatic nitrogens is 2. The summed E-state index contributed by atoms with van der Waals surface area (Å²) in [7, 11) is 0. The van der Waals surface area contributed by atoms with Gasteiger partial charge in [0.2, 0.25) is 0 Å². The van der Waals surface area contributed by atoms with Gasteiger partial charge in [-0.05, 0) is 30.3 Å². The largest absolute Gasteiger partial charge is 0.435 e. The molecule has 1 aromatic carbocycles. The Morgan fingerprint density at radius 2 is 1.79 bits per heavy atom. The summed E-state index contributed by atoms with van der Waals surface area (Å²) in [5.74, 6) is -0.499. The van der Waals surface area contributed by atoms with Crippen molar-refractivity contribution in [3.05, 3.63) is 46.9 Å². The molecule has 2 rings (SSSR count). The molecule has 0 aliphatic carbocycles. The molecule has 0 atom stereocenters. The lowest BCUT2D eigenvalue weighted by Gasteiger charge is -2.07. The minimum atomic E-state index is -4.54. The normalized spacial score (nSPS) is 11.4. The molecule has 2 aromatic rings. The number of halogens is 5. The lowest BCUT2D eigenvalue weighted by molar-refractivity contribution is -0.141. The van der Waals surface area contributed by atoms with Crippen molar-refractivity contribution in [2.24, 2.45) is 0 Å². The zero-order valence-electron chi connectivity index (χ0n) is 9.17. The van der Waals surface area contributed by atoms with Crippen LogP contribution < -0.4 is 5.32 Å². The van der Waals surface area contributed by atoms with E-state index in [-0.39, 0.29) is 10.8 Å². The Morgan fingerprint density at radius 3 is 2.32 bits per heavy atom. The molecule has 0 radical (unpaired) electrons. The predicted molar refractivity (Wildman–Crippen MR) is 61.7 cm³/mol. The van der Waals surface area contributed by atoms with Crippen molar-refractivity contribution in [3.8, 4) is 0 Å². The molecule has 0 bridgehead atoms. The first-order valence-electron chi connectivity index (χ1n) is 4.99. The summed E-state index contributed by atoms with van der Waals surface area (Å²) in [6, 6.07) is 5.70. The van der Waals surface area contributed by atoms with Crippen molar-refractivity contribution in [3.63, 3.8) is 0 Å². The topological polar surface area (TPSA) is 37.8 Å². The molecular formula is C11H6ClF4N3. The third-order valence-corrected chi connectivity index (χ3v) is 2.44. The van der Waals surface area contributed by atoms with E-state index >= 15 is 0 Å². The van der Waals surface area contributed by atoms with E-state index in [0.717, 1.165) is 18.2 Å². The number of hydrogen-bond acceptors (Lipinski definition) is 3. The van der Waals surface area contributed by atoms with E-state index in [1.165, 1.54) is 12.1 Å². The first-order chi connectivity index (χ1) is 8.86. The second-order valence-corrected chi connectivity index (χ2v) is 3.96. The second-order valence-electron chi connectivity index (χ2n) is 3.56. The summed E-state index contributed by atoms with van der Waals surface area (Å²) in [6.07, 6.45) is -4.54. The van der Waals surface area contributed by atoms with Gasteiger partial charge in [0.25, 0.3) is 0 Å². The number of rotatable bonds is 2. The molecule has 0 aliphatic heterocycles. The number of hydrogen-bond donors (Lipinski definition) is 1. The molecule has 0 saturated carbocycles. The van der Waals surface area contributed by atoms with Gasteiger partial charge in [0.1, 0.15) is 5.82 Å². The molecule has 19 heavy (non-hydrogen) atoms. The van der Waals surface area contributed by atoms with Gasteiger partial charge in [0, 0.05) is 5.69 Å². The van der Waals surface area contributed by atoms with Crippen LogP contribution in [-0.2, 0) is 6.18 Å². The van der Waals surface area contributed by atoms with Crippen molar-refractivity contribution < 1.29 is 17.6 Å². The fourth-order valence-electron chi connectivity index (χ4n) is 1.27. The molecule has 100 valence electrons. The van der Waals surface area contributed by atoms with Crippen molar-refractivity contribution in [2.45, 2.75) is 6.18 Å². The number of anilines is 2. The average molecular weight is 292 g/mol. The Kier molecular flexibility index (Phi) is 3.57. The molecule has 0 fully saturated rings. The van der Waals surface area contributed by atoms with E-state index < -0.39 is 17.7 Å². The van der Waals surface area contributed by atoms with Gasteiger partial charge in [-0.2, -0.15) is 13.2 Å². The smallest absolute Gasteiger partial charge is 0.339 e. The van der Waals surface area contributed by atoms with Gasteiger partial charge in [-0.1, -0.05) is 11.6 Å². The Labute approximate surface area is 110 Å². The number of alkyl halides is 3. The van der Waals surface area contributed by atoms with Crippen LogP contribution in [0, 0.1) is 5.82 Å². The van der Waals surface area contributed by atoms with Crippen LogP contribution in [0.4, 0.5) is 29.1 Å². The summed E-state index contributed by atoms with van der Waals surface area (Å²) >= 11 is 5.57. The fourth-order valence-corrected chi connectivity index (χ4v) is 1.45. The van der Waals surface area contributed by atoms with Gasteiger partial charge in [0.05, 0.1) is 5.02 Å². The molecule has 1 aromatic heterocycles. The minimum absolute atomic E-state index is 0.0932. The van der Waals surface area contributed by atoms with E-state index in [1.807, 2.05) is 0 Å². The lowest BCUT2D eigenvalue weighted by atomic mass is 10.3. The second kappa shape index (κ2) is 5.00. The Balaban J connectivity index is 2.17. The highest BCUT2D eigenvalue weighted by Crippen LogP contribution is 2.27. The maximum atomic E-state index is 12.9. The summed E-state index contributed by atoms with van der Waals surface area (Å²) in [6.45, 7) is 0. The monoisotopic (exact) mass is 291 g/mol. The predicted octanol–water partition coefficient (Wildman–Crippen LogP) is 4.03. The quantitative estimate of drug-likeness (QED) is 0.849. The highest BCUT2D eigenvalue weighted by molar-refractivity contribution is 6.31. The van der Waals surface area contributed by atoms with Gasteiger partial charge in [-0.25, -0.2) is 4.39 Å². The van der Waals surface area contributed by atoms with Crippen LogP contribution in [0.2, 0.25) is 5.02 Å². The van der Waals surface area contributed by atoms with Crippen molar-refractivity contribution in [2.75, 3.05) is 5.32 Å². The highest BCUT2D eigenvalue weighted by Gasteiger charge is 2.32. The van der Waals surface area contributed by atoms with Gasteiger partial charge >= 0.3 is 6.18 Å². The lowest BCUT2D eigenvalue weighted by Crippen LogP contribution is -2.09. The van der Waals surface area contributed by atoms with Crippen LogP contribution in [-0.4, -0.2) is 10.2 Å². The summed E-state index contributed by atoms with van der Waals surface area (Å²) < 4.78 is 49.7. The number of nitrogens with one attached hydrogen (secondary N) is 1. The van der Waals surface area contributed by atoms with Crippen molar-refractivity contribution in [1.29, 1.82) is 0 Å². The third-order valence-electron chi connectivity index (χ3n) is 2.15. The van der Waals surface area contributed by atoms with Gasteiger partial charge < -0.3 is 5.32 Å². The van der Waals surface area contributed by atoms with E-state index in [1.54, 1.807) is 0 Å². The number of benzene rings is 1. The highest BCUT2D eigenvalue weighted by atomic mass is 35.5. The molecule has 0 spiro atoms. The van der Waals surface area contributed by atoms with Crippen LogP contribution in [0.5, 0.6) is 0 Å². The fraction of sp³-hybridized carbons (Fsp3) is 0.0909. The molecule has 1 heterocycles. The molecule has 1 N–H and O–H groups in total. The van der Waals surface area contributed by atoms with Crippen molar-refractivity contribution in [1.82, 2.24) is 10.2 Å². The maximum absolute atomic E-state index is 12.9. The van der Waals surface area contributed by atoms with Crippen LogP contribution in [0.3, 0.4) is 0 Å². The number of nitrogens with zero attached hydrogens (tertiary/aromatic N) is 2. The average Bonchev–Trinajstić information content (AvgIpc) is 2.33. The third kappa shape index (κ3) is 3.31. The molecule has 3 nitrogen and oxygen atoms in total. The van der Waals surface area contributed by atoms with Gasteiger partial charge in [0.15, 0.2) is 11.5 Å². The summed E-state index contributed by atoms with van der Waals surface area (Å²) in [5.41, 5.74) is -0.698. The van der Waals surface area contributed by atoms with Gasteiger partial charge in [-0.15, -0.1) is 10.2 Å². The first kappa shape index (κ1) is 13.5. The SMILES string of the molecule is Fc1ccc(Nc2ccc(C(F)(F)F)nn2)cc1Cl. The molecule has 0 aliphatic rings. The molecule has 0 saturated heterocycles.